The molecule has 3 atom stereocenters. The molecule has 9 heteroatoms. The van der Waals surface area contributed by atoms with Gasteiger partial charge in [-0.05, 0) is 89.9 Å². The number of hydrogen-bond donors (Lipinski definition) is 3. The van der Waals surface area contributed by atoms with E-state index in [-0.39, 0.29) is 19.1 Å². The van der Waals surface area contributed by atoms with Gasteiger partial charge in [-0.25, -0.2) is 4.57 Å². The van der Waals surface area contributed by atoms with Crippen molar-refractivity contribution in [2.75, 3.05) is 40.9 Å². The number of likely N-dealkylation sites (N-methyl/N-ethyl adjacent to an activating group) is 1. The maximum atomic E-state index is 13.0. The van der Waals surface area contributed by atoms with Gasteiger partial charge in [0.15, 0.2) is 0 Å². The summed E-state index contributed by atoms with van der Waals surface area (Å²) in [5, 5.41) is 13.9. The van der Waals surface area contributed by atoms with Gasteiger partial charge in [-0.15, -0.1) is 0 Å². The fourth-order valence-corrected chi connectivity index (χ4v) is 8.83. The number of carbonyl (C=O) groups excluding carboxylic acids is 1. The lowest BCUT2D eigenvalue weighted by Gasteiger charge is -2.25. The number of phosphoric acid groups is 1. The number of aliphatic hydroxyl groups excluding tert-OH is 1. The zero-order valence-corrected chi connectivity index (χ0v) is 48.7. The Kier molecular flexibility index (Phi) is 51.9. The highest BCUT2D eigenvalue weighted by Gasteiger charge is 2.27. The first kappa shape index (κ1) is 70.2. The first-order chi connectivity index (χ1) is 35.5. The standard InChI is InChI=1S/C64H113N2O6P/c1-6-8-10-12-14-16-18-20-22-24-26-28-30-32-33-34-36-38-40-42-44-46-48-50-52-54-56-58-64(68)65-62(61-72-73(69,70)71-60-59-66(3,4)5)63(67)57-55-53-51-49-47-45-43-41-39-37-35-31-29-27-25-23-21-19-17-15-13-11-9-7-2/h8,10,14,16,20,22,26,28,32-33,36,38,42,44,47,49,55,57,62-63,67H,6-7,9,11-13,15,17-19,21,23-25,27,29-31,34-35,37,39-41,43,45-46,48,50-54,56,58-61H2,1-5H3,(H-,65,68,69,70)/p+1/b10-8-,16-14-,22-20-,28-26-,33-32-,38-36-,44-42-,49-47+,57-55+. The number of nitrogens with zero attached hydrogens (tertiary/aromatic N) is 1. The number of allylic oxidation sites excluding steroid dienone is 17. The minimum absolute atomic E-state index is 0.0461. The molecule has 0 spiro atoms. The lowest BCUT2D eigenvalue weighted by atomic mass is 10.0. The van der Waals surface area contributed by atoms with E-state index in [2.05, 4.69) is 116 Å². The van der Waals surface area contributed by atoms with Crippen molar-refractivity contribution >= 4 is 13.7 Å². The van der Waals surface area contributed by atoms with Crippen molar-refractivity contribution < 1.29 is 32.9 Å². The van der Waals surface area contributed by atoms with Crippen LogP contribution < -0.4 is 5.32 Å². The second kappa shape index (κ2) is 54.0. The van der Waals surface area contributed by atoms with Crippen molar-refractivity contribution in [3.05, 3.63) is 109 Å². The van der Waals surface area contributed by atoms with Gasteiger partial charge in [0.05, 0.1) is 39.9 Å². The molecule has 3 N–H and O–H groups in total. The molecule has 420 valence electrons. The summed E-state index contributed by atoms with van der Waals surface area (Å²) in [6, 6.07) is -0.883. The van der Waals surface area contributed by atoms with Crippen LogP contribution >= 0.6 is 7.82 Å². The highest BCUT2D eigenvalue weighted by molar-refractivity contribution is 7.47. The van der Waals surface area contributed by atoms with E-state index in [1.807, 2.05) is 27.2 Å². The molecule has 0 aromatic carbocycles. The smallest absolute Gasteiger partial charge is 0.387 e. The van der Waals surface area contributed by atoms with Crippen LogP contribution in [0.15, 0.2) is 109 Å². The third-order valence-electron chi connectivity index (χ3n) is 12.7. The Labute approximate surface area is 451 Å². The van der Waals surface area contributed by atoms with Crippen molar-refractivity contribution in [3.8, 4) is 0 Å². The summed E-state index contributed by atoms with van der Waals surface area (Å²) < 4.78 is 23.7. The second-order valence-corrected chi connectivity index (χ2v) is 22.4. The van der Waals surface area contributed by atoms with Gasteiger partial charge in [-0.3, -0.25) is 13.8 Å². The zero-order chi connectivity index (χ0) is 53.5. The molecular weight excluding hydrogens is 924 g/mol. The SMILES string of the molecule is CC/C=C\C/C=C\C/C=C\C/C=C\C/C=C\C/C=C\C/C=C\CCCCCCCC(=O)NC(COP(=O)(O)OCC[N+](C)(C)C)C(O)/C=C/CC/C=C/CCCCCCCCCCCCCCCCCCCC. The molecule has 0 fully saturated rings. The van der Waals surface area contributed by atoms with Gasteiger partial charge in [0.2, 0.25) is 5.91 Å². The monoisotopic (exact) mass is 1040 g/mol. The lowest BCUT2D eigenvalue weighted by molar-refractivity contribution is -0.870. The number of carbonyl (C=O) groups is 1. The summed E-state index contributed by atoms with van der Waals surface area (Å²) in [5.41, 5.74) is 0. The highest BCUT2D eigenvalue weighted by Crippen LogP contribution is 2.43. The van der Waals surface area contributed by atoms with E-state index in [1.165, 1.54) is 116 Å². The van der Waals surface area contributed by atoms with E-state index < -0.39 is 20.0 Å². The van der Waals surface area contributed by atoms with E-state index >= 15 is 0 Å². The van der Waals surface area contributed by atoms with Crippen molar-refractivity contribution in [3.63, 3.8) is 0 Å². The molecule has 0 bridgehead atoms. The molecule has 0 heterocycles. The van der Waals surface area contributed by atoms with Gasteiger partial charge in [-0.1, -0.05) is 252 Å². The van der Waals surface area contributed by atoms with Gasteiger partial charge < -0.3 is 19.8 Å². The number of nitrogens with one attached hydrogen (secondary N) is 1. The molecule has 0 aromatic rings. The molecule has 0 radical (unpaired) electrons. The maximum absolute atomic E-state index is 13.0. The van der Waals surface area contributed by atoms with Crippen LogP contribution in [0.25, 0.3) is 0 Å². The van der Waals surface area contributed by atoms with E-state index in [1.54, 1.807) is 6.08 Å². The van der Waals surface area contributed by atoms with Crippen LogP contribution in [-0.2, 0) is 18.4 Å². The number of amides is 1. The minimum atomic E-state index is -4.37. The molecule has 0 rings (SSSR count). The van der Waals surface area contributed by atoms with Crippen molar-refractivity contribution in [2.24, 2.45) is 0 Å². The van der Waals surface area contributed by atoms with Crippen LogP contribution in [0.2, 0.25) is 0 Å². The van der Waals surface area contributed by atoms with Crippen molar-refractivity contribution in [1.29, 1.82) is 0 Å². The second-order valence-electron chi connectivity index (χ2n) is 21.0. The lowest BCUT2D eigenvalue weighted by Crippen LogP contribution is -2.45. The molecular formula is C64H114N2O6P+. The number of phosphoric ester groups is 1. The Balaban J connectivity index is 4.33. The molecule has 3 unspecified atom stereocenters. The molecule has 0 saturated heterocycles. The van der Waals surface area contributed by atoms with E-state index in [9.17, 15) is 19.4 Å². The average molecular weight is 1040 g/mol. The largest absolute Gasteiger partial charge is 0.472 e. The Morgan fingerprint density at radius 3 is 1.26 bits per heavy atom. The fourth-order valence-electron chi connectivity index (χ4n) is 8.10. The van der Waals surface area contributed by atoms with Gasteiger partial charge in [0.1, 0.15) is 13.2 Å². The van der Waals surface area contributed by atoms with Gasteiger partial charge in [0, 0.05) is 6.42 Å². The third kappa shape index (κ3) is 56.7. The Morgan fingerprint density at radius 2 is 0.836 bits per heavy atom. The van der Waals surface area contributed by atoms with E-state index in [0.29, 0.717) is 17.4 Å². The number of rotatable bonds is 53. The quantitative estimate of drug-likeness (QED) is 0.0243. The molecule has 0 aliphatic heterocycles. The minimum Gasteiger partial charge on any atom is -0.387 e. The van der Waals surface area contributed by atoms with Crippen LogP contribution in [0, 0.1) is 0 Å². The molecule has 8 nitrogen and oxygen atoms in total. The molecule has 0 aliphatic rings. The summed E-state index contributed by atoms with van der Waals surface area (Å²) in [4.78, 5) is 23.3. The van der Waals surface area contributed by atoms with Gasteiger partial charge >= 0.3 is 7.82 Å². The highest BCUT2D eigenvalue weighted by atomic mass is 31.2. The Bertz CT molecular complexity index is 1550. The first-order valence-electron chi connectivity index (χ1n) is 29.8. The number of unbranched alkanes of at least 4 members (excludes halogenated alkanes) is 24. The molecule has 0 aliphatic carbocycles. The summed E-state index contributed by atoms with van der Waals surface area (Å²) >= 11 is 0. The van der Waals surface area contributed by atoms with E-state index in [4.69, 9.17) is 9.05 Å². The van der Waals surface area contributed by atoms with Crippen LogP contribution in [0.5, 0.6) is 0 Å². The third-order valence-corrected chi connectivity index (χ3v) is 13.7. The van der Waals surface area contributed by atoms with Crippen molar-refractivity contribution in [2.45, 2.75) is 251 Å². The first-order valence-corrected chi connectivity index (χ1v) is 31.3. The fraction of sp³-hybridized carbons (Fsp3) is 0.703. The molecule has 0 saturated carbocycles. The Hall–Kier alpha value is -2.84. The summed E-state index contributed by atoms with van der Waals surface area (Å²) in [6.07, 6.45) is 79.1. The number of quaternary nitrogens is 1. The van der Waals surface area contributed by atoms with Crippen LogP contribution in [-0.4, -0.2) is 73.4 Å². The number of aliphatic hydroxyl groups is 1. The average Bonchev–Trinajstić information content (AvgIpc) is 3.35. The summed E-state index contributed by atoms with van der Waals surface area (Å²) in [6.45, 7) is 4.67. The van der Waals surface area contributed by atoms with Crippen molar-refractivity contribution in [1.82, 2.24) is 5.32 Å². The number of hydrogen-bond acceptors (Lipinski definition) is 5. The Morgan fingerprint density at radius 1 is 0.479 bits per heavy atom. The normalized spacial score (nSPS) is 14.7. The van der Waals surface area contributed by atoms with Crippen LogP contribution in [0.1, 0.15) is 239 Å². The maximum Gasteiger partial charge on any atom is 0.472 e. The predicted octanol–water partition coefficient (Wildman–Crippen LogP) is 18.4. The topological polar surface area (TPSA) is 105 Å². The summed E-state index contributed by atoms with van der Waals surface area (Å²) in [5.74, 6) is -0.209. The molecule has 73 heavy (non-hydrogen) atoms. The predicted molar refractivity (Wildman–Crippen MR) is 318 cm³/mol. The summed E-state index contributed by atoms with van der Waals surface area (Å²) in [7, 11) is 1.53. The molecule has 0 aromatic heterocycles. The molecule has 1 amide bonds. The van der Waals surface area contributed by atoms with E-state index in [0.717, 1.165) is 103 Å². The van der Waals surface area contributed by atoms with Crippen LogP contribution in [0.3, 0.4) is 0 Å². The zero-order valence-electron chi connectivity index (χ0n) is 47.8. The van der Waals surface area contributed by atoms with Gasteiger partial charge in [-0.2, -0.15) is 0 Å². The van der Waals surface area contributed by atoms with Crippen LogP contribution in [0.4, 0.5) is 0 Å². The van der Waals surface area contributed by atoms with Gasteiger partial charge in [0.25, 0.3) is 0 Å².